The minimum absolute atomic E-state index is 0.0296. The molecule has 0 spiro atoms. The third-order valence-corrected chi connectivity index (χ3v) is 4.03. The summed E-state index contributed by atoms with van der Waals surface area (Å²) in [5, 5.41) is 10.3. The minimum atomic E-state index is -4.63. The summed E-state index contributed by atoms with van der Waals surface area (Å²) in [5.74, 6) is -0.836. The summed E-state index contributed by atoms with van der Waals surface area (Å²) in [4.78, 5) is 16.2. The van der Waals surface area contributed by atoms with Crippen molar-refractivity contribution in [2.24, 2.45) is 0 Å². The van der Waals surface area contributed by atoms with Gasteiger partial charge in [-0.15, -0.1) is 10.2 Å². The summed E-state index contributed by atoms with van der Waals surface area (Å²) in [7, 11) is 0. The van der Waals surface area contributed by atoms with Gasteiger partial charge in [0.15, 0.2) is 17.8 Å². The molecule has 10 heteroatoms. The molecule has 0 unspecified atom stereocenters. The maximum atomic E-state index is 13.3. The average Bonchev–Trinajstić information content (AvgIpc) is 3.35. The van der Waals surface area contributed by atoms with Crippen LogP contribution in [0.3, 0.4) is 0 Å². The van der Waals surface area contributed by atoms with Crippen LogP contribution in [0.25, 0.3) is 17.0 Å². The summed E-state index contributed by atoms with van der Waals surface area (Å²) in [6, 6.07) is 9.97. The molecule has 0 radical (unpaired) electrons. The standard InChI is InChI=1S/C18H12F3N5O2/c19-18(20,21)12-6-13(14-8-22-10-28-14)15-24-25-16(26(15)9-12)17(27)23-7-11-4-2-1-3-5-11/h1-6,8-10H,7H2,(H,23,27). The molecular formula is C18H12F3N5O2. The zero-order valence-electron chi connectivity index (χ0n) is 14.1. The molecule has 3 aromatic heterocycles. The van der Waals surface area contributed by atoms with Gasteiger partial charge >= 0.3 is 6.18 Å². The number of hydrogen-bond acceptors (Lipinski definition) is 5. The molecule has 0 aliphatic carbocycles. The van der Waals surface area contributed by atoms with Gasteiger partial charge in [-0.1, -0.05) is 30.3 Å². The summed E-state index contributed by atoms with van der Waals surface area (Å²) in [6.07, 6.45) is -1.49. The zero-order valence-corrected chi connectivity index (χ0v) is 14.1. The van der Waals surface area contributed by atoms with Crippen LogP contribution in [-0.2, 0) is 12.7 Å². The number of fused-ring (bicyclic) bond motifs is 1. The Kier molecular flexibility index (Phi) is 4.30. The molecule has 0 aliphatic rings. The zero-order chi connectivity index (χ0) is 19.7. The van der Waals surface area contributed by atoms with Gasteiger partial charge in [0.05, 0.1) is 17.3 Å². The number of nitrogens with zero attached hydrogens (tertiary/aromatic N) is 4. The van der Waals surface area contributed by atoms with Gasteiger partial charge in [0.25, 0.3) is 5.91 Å². The van der Waals surface area contributed by atoms with Crippen molar-refractivity contribution in [1.82, 2.24) is 24.9 Å². The first-order valence-corrected chi connectivity index (χ1v) is 8.10. The predicted octanol–water partition coefficient (Wildman–Crippen LogP) is 3.33. The maximum Gasteiger partial charge on any atom is 0.417 e. The molecule has 28 heavy (non-hydrogen) atoms. The van der Waals surface area contributed by atoms with Crippen LogP contribution in [0.1, 0.15) is 21.7 Å². The van der Waals surface area contributed by atoms with E-state index in [1.165, 1.54) is 6.20 Å². The van der Waals surface area contributed by atoms with Crippen molar-refractivity contribution in [3.63, 3.8) is 0 Å². The van der Waals surface area contributed by atoms with E-state index in [1.807, 2.05) is 30.3 Å². The highest BCUT2D eigenvalue weighted by Crippen LogP contribution is 2.34. The first-order chi connectivity index (χ1) is 13.4. The Morgan fingerprint density at radius 3 is 2.64 bits per heavy atom. The fraction of sp³-hybridized carbons (Fsp3) is 0.111. The van der Waals surface area contributed by atoms with E-state index in [-0.39, 0.29) is 29.3 Å². The number of amides is 1. The predicted molar refractivity (Wildman–Crippen MR) is 91.1 cm³/mol. The monoisotopic (exact) mass is 387 g/mol. The average molecular weight is 387 g/mol. The molecular weight excluding hydrogens is 375 g/mol. The van der Waals surface area contributed by atoms with Gasteiger partial charge in [0.2, 0.25) is 5.82 Å². The topological polar surface area (TPSA) is 85.3 Å². The normalized spacial score (nSPS) is 11.7. The SMILES string of the molecule is O=C(NCc1ccccc1)c1nnc2c(-c3cnco3)cc(C(F)(F)F)cn12. The van der Waals surface area contributed by atoms with Crippen molar-refractivity contribution in [3.8, 4) is 11.3 Å². The summed E-state index contributed by atoms with van der Waals surface area (Å²) >= 11 is 0. The molecule has 0 atom stereocenters. The highest BCUT2D eigenvalue weighted by Gasteiger charge is 2.33. The molecule has 7 nitrogen and oxygen atoms in total. The van der Waals surface area contributed by atoms with E-state index in [0.29, 0.717) is 0 Å². The van der Waals surface area contributed by atoms with Crippen molar-refractivity contribution >= 4 is 11.6 Å². The van der Waals surface area contributed by atoms with Gasteiger partial charge in [-0.3, -0.25) is 9.20 Å². The lowest BCUT2D eigenvalue weighted by Gasteiger charge is -2.10. The number of carbonyl (C=O) groups is 1. The molecule has 0 saturated heterocycles. The molecule has 0 fully saturated rings. The number of halogens is 3. The summed E-state index contributed by atoms with van der Waals surface area (Å²) < 4.78 is 46.1. The third-order valence-electron chi connectivity index (χ3n) is 4.03. The lowest BCUT2D eigenvalue weighted by atomic mass is 10.1. The molecule has 1 aromatic carbocycles. The van der Waals surface area contributed by atoms with Gasteiger partial charge in [-0.2, -0.15) is 13.2 Å². The number of aromatic nitrogens is 4. The number of carbonyl (C=O) groups excluding carboxylic acids is 1. The number of oxazole rings is 1. The van der Waals surface area contributed by atoms with Crippen LogP contribution in [0, 0.1) is 0 Å². The van der Waals surface area contributed by atoms with E-state index >= 15 is 0 Å². The van der Waals surface area contributed by atoms with Crippen molar-refractivity contribution < 1.29 is 22.4 Å². The fourth-order valence-electron chi connectivity index (χ4n) is 2.69. The highest BCUT2D eigenvalue weighted by atomic mass is 19.4. The van der Waals surface area contributed by atoms with Crippen LogP contribution >= 0.6 is 0 Å². The van der Waals surface area contributed by atoms with Crippen LogP contribution in [0.4, 0.5) is 13.2 Å². The van der Waals surface area contributed by atoms with E-state index in [0.717, 1.165) is 28.6 Å². The molecule has 0 saturated carbocycles. The summed E-state index contributed by atoms with van der Waals surface area (Å²) in [6.45, 7) is 0.197. The van der Waals surface area contributed by atoms with E-state index in [9.17, 15) is 18.0 Å². The Labute approximate surface area is 155 Å². The van der Waals surface area contributed by atoms with Crippen LogP contribution in [-0.4, -0.2) is 25.5 Å². The van der Waals surface area contributed by atoms with Crippen molar-refractivity contribution in [2.75, 3.05) is 0 Å². The Bertz CT molecular complexity index is 1120. The Balaban J connectivity index is 1.75. The molecule has 4 rings (SSSR count). The van der Waals surface area contributed by atoms with Gasteiger partial charge in [0.1, 0.15) is 0 Å². The summed E-state index contributed by atoms with van der Waals surface area (Å²) in [5.41, 5.74) is -0.0529. The van der Waals surface area contributed by atoms with Crippen molar-refractivity contribution in [2.45, 2.75) is 12.7 Å². The second kappa shape index (κ2) is 6.80. The molecule has 142 valence electrons. The number of hydrogen-bond donors (Lipinski definition) is 1. The lowest BCUT2D eigenvalue weighted by Crippen LogP contribution is -2.25. The van der Waals surface area contributed by atoms with Gasteiger partial charge < -0.3 is 9.73 Å². The number of rotatable bonds is 4. The van der Waals surface area contributed by atoms with Gasteiger partial charge in [-0.25, -0.2) is 4.98 Å². The first-order valence-electron chi connectivity index (χ1n) is 8.10. The second-order valence-electron chi connectivity index (χ2n) is 5.89. The molecule has 1 amide bonds. The highest BCUT2D eigenvalue weighted by molar-refractivity contribution is 5.92. The Morgan fingerprint density at radius 2 is 1.96 bits per heavy atom. The fourth-order valence-corrected chi connectivity index (χ4v) is 2.69. The second-order valence-corrected chi connectivity index (χ2v) is 5.89. The van der Waals surface area contributed by atoms with E-state index in [4.69, 9.17) is 4.42 Å². The van der Waals surface area contributed by atoms with Gasteiger partial charge in [0, 0.05) is 12.7 Å². The first kappa shape index (κ1) is 17.7. The Hall–Kier alpha value is -3.69. The van der Waals surface area contributed by atoms with Gasteiger partial charge in [-0.05, 0) is 11.6 Å². The van der Waals surface area contributed by atoms with Crippen LogP contribution < -0.4 is 5.32 Å². The smallest absolute Gasteiger partial charge is 0.417 e. The maximum absolute atomic E-state index is 13.3. The van der Waals surface area contributed by atoms with E-state index in [1.54, 1.807) is 0 Å². The van der Waals surface area contributed by atoms with E-state index < -0.39 is 17.6 Å². The van der Waals surface area contributed by atoms with Crippen LogP contribution in [0.2, 0.25) is 0 Å². The third kappa shape index (κ3) is 3.31. The molecule has 0 aliphatic heterocycles. The van der Waals surface area contributed by atoms with Crippen LogP contribution in [0.5, 0.6) is 0 Å². The number of nitrogens with one attached hydrogen (secondary N) is 1. The van der Waals surface area contributed by atoms with Crippen LogP contribution in [0.15, 0.2) is 59.6 Å². The molecule has 4 aromatic rings. The Morgan fingerprint density at radius 1 is 1.18 bits per heavy atom. The van der Waals surface area contributed by atoms with Crippen molar-refractivity contribution in [3.05, 3.63) is 72.1 Å². The molecule has 1 N–H and O–H groups in total. The number of benzene rings is 1. The number of alkyl halides is 3. The molecule has 3 heterocycles. The van der Waals surface area contributed by atoms with E-state index in [2.05, 4.69) is 20.5 Å². The van der Waals surface area contributed by atoms with Crippen molar-refractivity contribution in [1.29, 1.82) is 0 Å². The largest absolute Gasteiger partial charge is 0.443 e. The quantitative estimate of drug-likeness (QED) is 0.581. The number of pyridine rings is 1. The minimum Gasteiger partial charge on any atom is -0.443 e. The molecule has 0 bridgehead atoms. The lowest BCUT2D eigenvalue weighted by molar-refractivity contribution is -0.137.